The number of nitrogens with one attached hydrogen (secondary N) is 5. The second-order valence-electron chi connectivity index (χ2n) is 13.6. The molecule has 0 aromatic heterocycles. The van der Waals surface area contributed by atoms with Crippen LogP contribution in [0, 0.1) is 11.8 Å². The molecule has 280 valence electrons. The molecule has 0 fully saturated rings. The van der Waals surface area contributed by atoms with E-state index in [9.17, 15) is 24.3 Å². The first-order valence-corrected chi connectivity index (χ1v) is 17.9. The van der Waals surface area contributed by atoms with E-state index in [0.717, 1.165) is 16.7 Å². The van der Waals surface area contributed by atoms with Crippen molar-refractivity contribution >= 4 is 29.5 Å². The molecule has 0 aliphatic rings. The van der Waals surface area contributed by atoms with E-state index in [1.807, 2.05) is 111 Å². The van der Waals surface area contributed by atoms with E-state index in [4.69, 9.17) is 4.74 Å². The number of hydrogen-bond acceptors (Lipinski definition) is 7. The molecule has 0 spiro atoms. The molecular weight excluding hydrogens is 670 g/mol. The molecule has 5 atom stereocenters. The molecule has 53 heavy (non-hydrogen) atoms. The minimum absolute atomic E-state index is 0.0258. The largest absolute Gasteiger partial charge is 0.445 e. The molecule has 4 aromatic rings. The van der Waals surface area contributed by atoms with Gasteiger partial charge in [0.2, 0.25) is 17.7 Å². The van der Waals surface area contributed by atoms with E-state index in [2.05, 4.69) is 26.6 Å². The van der Waals surface area contributed by atoms with E-state index < -0.39 is 48.2 Å². The predicted octanol–water partition coefficient (Wildman–Crippen LogP) is 4.96. The van der Waals surface area contributed by atoms with Gasteiger partial charge in [-0.3, -0.25) is 14.4 Å². The molecule has 4 rings (SSSR count). The molecule has 0 unspecified atom stereocenters. The van der Waals surface area contributed by atoms with Gasteiger partial charge in [-0.05, 0) is 47.1 Å². The maximum Gasteiger partial charge on any atom is 0.408 e. The lowest BCUT2D eigenvalue weighted by Crippen LogP contribution is -2.61. The fourth-order valence-corrected chi connectivity index (χ4v) is 5.75. The highest BCUT2D eigenvalue weighted by molar-refractivity contribution is 5.92. The lowest BCUT2D eigenvalue weighted by molar-refractivity contribution is -0.132. The number of anilines is 1. The quantitative estimate of drug-likeness (QED) is 0.0848. The van der Waals surface area contributed by atoms with Gasteiger partial charge < -0.3 is 36.4 Å². The van der Waals surface area contributed by atoms with Gasteiger partial charge in [0.1, 0.15) is 30.8 Å². The zero-order valence-corrected chi connectivity index (χ0v) is 30.7. The van der Waals surface area contributed by atoms with Crippen LogP contribution >= 0.6 is 0 Å². The molecule has 0 aliphatic heterocycles. The van der Waals surface area contributed by atoms with Gasteiger partial charge in [-0.25, -0.2) is 4.79 Å². The number of hydrogen-bond donors (Lipinski definition) is 6. The van der Waals surface area contributed by atoms with Gasteiger partial charge in [-0.15, -0.1) is 0 Å². The Kier molecular flexibility index (Phi) is 15.4. The second kappa shape index (κ2) is 20.4. The molecule has 4 amide bonds. The van der Waals surface area contributed by atoms with Crippen molar-refractivity contribution in [2.45, 2.75) is 77.5 Å². The average molecular weight is 722 g/mol. The van der Waals surface area contributed by atoms with Gasteiger partial charge in [0, 0.05) is 12.2 Å². The van der Waals surface area contributed by atoms with Crippen molar-refractivity contribution in [3.63, 3.8) is 0 Å². The lowest BCUT2D eigenvalue weighted by atomic mass is 9.93. The predicted molar refractivity (Wildman–Crippen MR) is 205 cm³/mol. The van der Waals surface area contributed by atoms with Crippen LogP contribution in [-0.2, 0) is 38.7 Å². The number of ether oxygens (including phenoxy) is 1. The fourth-order valence-electron chi connectivity index (χ4n) is 5.75. The Morgan fingerprint density at radius 3 is 1.58 bits per heavy atom. The van der Waals surface area contributed by atoms with Crippen LogP contribution in [-0.4, -0.2) is 59.2 Å². The van der Waals surface area contributed by atoms with Gasteiger partial charge in [0.15, 0.2) is 0 Å². The van der Waals surface area contributed by atoms with Crippen LogP contribution in [0.4, 0.5) is 10.5 Å². The fraction of sp³-hybridized carbons (Fsp3) is 0.333. The second-order valence-corrected chi connectivity index (χ2v) is 13.6. The summed E-state index contributed by atoms with van der Waals surface area (Å²) in [5.41, 5.74) is 3.05. The molecular formula is C42H51N5O6. The van der Waals surface area contributed by atoms with Gasteiger partial charge in [-0.2, -0.15) is 0 Å². The summed E-state index contributed by atoms with van der Waals surface area (Å²) in [6.07, 6.45) is -2.11. The number of carbonyl (C=O) groups excluding carboxylic acids is 4. The number of alkyl carbamates (subject to hydrolysis) is 1. The Morgan fingerprint density at radius 1 is 0.566 bits per heavy atom. The normalized spacial score (nSPS) is 13.9. The van der Waals surface area contributed by atoms with Crippen LogP contribution in [0.1, 0.15) is 44.4 Å². The summed E-state index contributed by atoms with van der Waals surface area (Å²) in [5.74, 6) is -2.20. The number of rotatable bonds is 18. The highest BCUT2D eigenvalue weighted by Crippen LogP contribution is 2.17. The molecule has 11 heteroatoms. The Bertz CT molecular complexity index is 1720. The van der Waals surface area contributed by atoms with Crippen molar-refractivity contribution in [3.05, 3.63) is 138 Å². The molecule has 0 aliphatic carbocycles. The van der Waals surface area contributed by atoms with Crippen molar-refractivity contribution in [2.24, 2.45) is 11.8 Å². The van der Waals surface area contributed by atoms with E-state index >= 15 is 0 Å². The summed E-state index contributed by atoms with van der Waals surface area (Å²) >= 11 is 0. The Hall–Kier alpha value is -5.68. The third-order valence-electron chi connectivity index (χ3n) is 8.75. The van der Waals surface area contributed by atoms with Gasteiger partial charge >= 0.3 is 6.09 Å². The highest BCUT2D eigenvalue weighted by Gasteiger charge is 2.38. The summed E-state index contributed by atoms with van der Waals surface area (Å²) in [5, 5.41) is 26.6. The summed E-state index contributed by atoms with van der Waals surface area (Å²) in [6, 6.07) is 32.5. The SMILES string of the molecule is CC(C)[C@H](NC(=O)OCc1ccccc1)C(=O)N[C@@H](Cc1ccccc1)[C@H](O)[C@@H](Nc1ccccc1)C(=O)N[C@H](C(=O)NCc1ccccc1)C(C)C. The molecule has 0 saturated carbocycles. The number of aliphatic hydroxyl groups excluding tert-OH is 1. The van der Waals surface area contributed by atoms with E-state index in [1.165, 1.54) is 0 Å². The first-order chi connectivity index (χ1) is 25.5. The van der Waals surface area contributed by atoms with E-state index in [1.54, 1.807) is 38.1 Å². The maximum atomic E-state index is 14.2. The van der Waals surface area contributed by atoms with Gasteiger partial charge in [0.25, 0.3) is 0 Å². The molecule has 6 N–H and O–H groups in total. The van der Waals surface area contributed by atoms with E-state index in [0.29, 0.717) is 5.69 Å². The van der Waals surface area contributed by atoms with Crippen LogP contribution in [0.2, 0.25) is 0 Å². The standard InChI is InChI=1S/C42H51N5O6/c1-28(2)35(39(49)43-26-31-19-11-6-12-20-31)46-41(51)37(44-33-23-15-8-16-24-33)38(48)34(25-30-17-9-5-10-18-30)45-40(50)36(29(3)4)47-42(52)53-27-32-21-13-7-14-22-32/h5-24,28-29,34-38,44,48H,25-27H2,1-4H3,(H,43,49)(H,45,50)(H,46,51)(H,47,52)/t34-,35-,36-,37+,38-/m0/s1. The van der Waals surface area contributed by atoms with Gasteiger partial charge in [0.05, 0.1) is 6.04 Å². The minimum atomic E-state index is -1.50. The molecule has 0 radical (unpaired) electrons. The topological polar surface area (TPSA) is 158 Å². The summed E-state index contributed by atoms with van der Waals surface area (Å²) < 4.78 is 5.39. The third kappa shape index (κ3) is 12.8. The summed E-state index contributed by atoms with van der Waals surface area (Å²) in [4.78, 5) is 54.4. The molecule has 0 bridgehead atoms. The molecule has 0 heterocycles. The van der Waals surface area contributed by atoms with Crippen molar-refractivity contribution in [2.75, 3.05) is 5.32 Å². The average Bonchev–Trinajstić information content (AvgIpc) is 3.17. The monoisotopic (exact) mass is 721 g/mol. The first-order valence-electron chi connectivity index (χ1n) is 17.9. The molecule has 4 aromatic carbocycles. The van der Waals surface area contributed by atoms with Crippen molar-refractivity contribution in [1.82, 2.24) is 21.3 Å². The smallest absolute Gasteiger partial charge is 0.408 e. The van der Waals surface area contributed by atoms with Crippen molar-refractivity contribution in [3.8, 4) is 0 Å². The summed E-state index contributed by atoms with van der Waals surface area (Å²) in [6.45, 7) is 7.52. The first kappa shape index (κ1) is 40.1. The lowest BCUT2D eigenvalue weighted by Gasteiger charge is -2.34. The number of benzene rings is 4. The van der Waals surface area contributed by atoms with Crippen LogP contribution in [0.3, 0.4) is 0 Å². The Labute approximate surface area is 311 Å². The zero-order chi connectivity index (χ0) is 38.2. The van der Waals surface area contributed by atoms with E-state index in [-0.39, 0.29) is 37.3 Å². The molecule has 0 saturated heterocycles. The number of amides is 4. The minimum Gasteiger partial charge on any atom is -0.445 e. The number of carbonyl (C=O) groups is 4. The highest BCUT2D eigenvalue weighted by atomic mass is 16.5. The Balaban J connectivity index is 1.57. The van der Waals surface area contributed by atoms with Crippen LogP contribution < -0.4 is 26.6 Å². The van der Waals surface area contributed by atoms with Crippen LogP contribution in [0.15, 0.2) is 121 Å². The molecule has 11 nitrogen and oxygen atoms in total. The van der Waals surface area contributed by atoms with Crippen molar-refractivity contribution in [1.29, 1.82) is 0 Å². The summed E-state index contributed by atoms with van der Waals surface area (Å²) in [7, 11) is 0. The third-order valence-corrected chi connectivity index (χ3v) is 8.75. The van der Waals surface area contributed by atoms with Crippen LogP contribution in [0.5, 0.6) is 0 Å². The Morgan fingerprint density at radius 2 is 1.04 bits per heavy atom. The van der Waals surface area contributed by atoms with Crippen molar-refractivity contribution < 1.29 is 29.0 Å². The number of para-hydroxylation sites is 1. The number of aliphatic hydroxyl groups is 1. The van der Waals surface area contributed by atoms with Crippen LogP contribution in [0.25, 0.3) is 0 Å². The maximum absolute atomic E-state index is 14.2. The van der Waals surface area contributed by atoms with Gasteiger partial charge in [-0.1, -0.05) is 137 Å². The zero-order valence-electron chi connectivity index (χ0n) is 30.7.